The predicted octanol–water partition coefficient (Wildman–Crippen LogP) is 2.24. The van der Waals surface area contributed by atoms with Crippen molar-refractivity contribution in [2.75, 3.05) is 0 Å². The number of benzene rings is 2. The molecule has 0 atom stereocenters. The van der Waals surface area contributed by atoms with Gasteiger partial charge in [0, 0.05) is 5.56 Å². The molecule has 0 saturated heterocycles. The molecule has 6 nitrogen and oxygen atoms in total. The van der Waals surface area contributed by atoms with Crippen molar-refractivity contribution >= 4 is 15.9 Å². The third kappa shape index (κ3) is 5.68. The van der Waals surface area contributed by atoms with Gasteiger partial charge < -0.3 is 4.74 Å². The number of carbonyl (C=O) groups is 1. The average molecular weight is 348 g/mol. The predicted molar refractivity (Wildman–Crippen MR) is 91.9 cm³/mol. The Bertz CT molecular complexity index is 772. The van der Waals surface area contributed by atoms with Crippen LogP contribution in [0.15, 0.2) is 54.6 Å². The standard InChI is InChI=1S/C17H20N2O4S/c1-13(2)23-16-10-8-15(9-11-16)17(20)18-19-24(21,22)12-14-6-4-3-5-7-14/h3-11,13,19H,12H2,1-2H3,(H,18,20). The summed E-state index contributed by atoms with van der Waals surface area (Å²) in [6.07, 6.45) is 0.0365. The summed E-state index contributed by atoms with van der Waals surface area (Å²) < 4.78 is 29.4. The van der Waals surface area contributed by atoms with E-state index in [2.05, 4.69) is 10.3 Å². The van der Waals surface area contributed by atoms with Gasteiger partial charge in [0.05, 0.1) is 11.9 Å². The van der Waals surface area contributed by atoms with E-state index in [4.69, 9.17) is 4.74 Å². The van der Waals surface area contributed by atoms with Gasteiger partial charge in [0.1, 0.15) is 5.75 Å². The van der Waals surface area contributed by atoms with Crippen LogP contribution in [-0.4, -0.2) is 20.4 Å². The second-order valence-electron chi connectivity index (χ2n) is 5.49. The van der Waals surface area contributed by atoms with Crippen LogP contribution in [0.2, 0.25) is 0 Å². The molecule has 2 aromatic rings. The Morgan fingerprint density at radius 1 is 1.04 bits per heavy atom. The number of carbonyl (C=O) groups excluding carboxylic acids is 1. The minimum absolute atomic E-state index is 0.0365. The van der Waals surface area contributed by atoms with Crippen LogP contribution in [0.3, 0.4) is 0 Å². The SMILES string of the molecule is CC(C)Oc1ccc(C(=O)NNS(=O)(=O)Cc2ccccc2)cc1. The number of hydrogen-bond donors (Lipinski definition) is 2. The van der Waals surface area contributed by atoms with E-state index in [9.17, 15) is 13.2 Å². The fraction of sp³-hybridized carbons (Fsp3) is 0.235. The van der Waals surface area contributed by atoms with Crippen LogP contribution >= 0.6 is 0 Å². The molecule has 0 aliphatic heterocycles. The second-order valence-corrected chi connectivity index (χ2v) is 7.21. The lowest BCUT2D eigenvalue weighted by Crippen LogP contribution is -2.42. The number of nitrogens with one attached hydrogen (secondary N) is 2. The van der Waals surface area contributed by atoms with Crippen LogP contribution in [0.5, 0.6) is 5.75 Å². The summed E-state index contributed by atoms with van der Waals surface area (Å²) in [6.45, 7) is 3.81. The molecular weight excluding hydrogens is 328 g/mol. The number of sulfonamides is 1. The van der Waals surface area contributed by atoms with Gasteiger partial charge >= 0.3 is 0 Å². The van der Waals surface area contributed by atoms with E-state index in [-0.39, 0.29) is 11.9 Å². The van der Waals surface area contributed by atoms with Gasteiger partial charge in [0.15, 0.2) is 0 Å². The number of rotatable bonds is 7. The molecule has 0 saturated carbocycles. The summed E-state index contributed by atoms with van der Waals surface area (Å²) in [5.41, 5.74) is 3.16. The molecule has 0 unspecified atom stereocenters. The Morgan fingerprint density at radius 3 is 2.25 bits per heavy atom. The molecule has 2 rings (SSSR count). The topological polar surface area (TPSA) is 84.5 Å². The Balaban J connectivity index is 1.92. The van der Waals surface area contributed by atoms with Gasteiger partial charge in [-0.05, 0) is 43.7 Å². The highest BCUT2D eigenvalue weighted by molar-refractivity contribution is 7.88. The normalized spacial score (nSPS) is 11.3. The van der Waals surface area contributed by atoms with Gasteiger partial charge in [-0.2, -0.15) is 0 Å². The smallest absolute Gasteiger partial charge is 0.266 e. The number of amides is 1. The first-order chi connectivity index (χ1) is 11.4. The van der Waals surface area contributed by atoms with Crippen LogP contribution in [0, 0.1) is 0 Å². The first kappa shape index (κ1) is 18.0. The van der Waals surface area contributed by atoms with Crippen molar-refractivity contribution in [1.82, 2.24) is 10.3 Å². The third-order valence-electron chi connectivity index (χ3n) is 3.01. The quantitative estimate of drug-likeness (QED) is 0.752. The maximum absolute atomic E-state index is 12.0. The molecule has 0 aliphatic carbocycles. The zero-order chi connectivity index (χ0) is 17.6. The van der Waals surface area contributed by atoms with Crippen LogP contribution in [0.4, 0.5) is 0 Å². The fourth-order valence-electron chi connectivity index (χ4n) is 1.98. The molecule has 0 fully saturated rings. The largest absolute Gasteiger partial charge is 0.491 e. The van der Waals surface area contributed by atoms with E-state index in [0.29, 0.717) is 16.9 Å². The van der Waals surface area contributed by atoms with Crippen LogP contribution in [-0.2, 0) is 15.8 Å². The zero-order valence-electron chi connectivity index (χ0n) is 13.5. The van der Waals surface area contributed by atoms with Gasteiger partial charge in [-0.1, -0.05) is 30.3 Å². The van der Waals surface area contributed by atoms with Crippen molar-refractivity contribution in [3.05, 3.63) is 65.7 Å². The number of hydrazine groups is 1. The summed E-state index contributed by atoms with van der Waals surface area (Å²) >= 11 is 0. The molecule has 2 aromatic carbocycles. The molecule has 0 spiro atoms. The first-order valence-electron chi connectivity index (χ1n) is 7.46. The zero-order valence-corrected chi connectivity index (χ0v) is 14.3. The van der Waals surface area contributed by atoms with E-state index in [1.54, 1.807) is 54.6 Å². The lowest BCUT2D eigenvalue weighted by molar-refractivity contribution is 0.0945. The molecule has 0 aliphatic rings. The van der Waals surface area contributed by atoms with Crippen molar-refractivity contribution in [1.29, 1.82) is 0 Å². The molecule has 0 aromatic heterocycles. The van der Waals surface area contributed by atoms with Gasteiger partial charge in [-0.25, -0.2) is 8.42 Å². The van der Waals surface area contributed by atoms with E-state index in [0.717, 1.165) is 0 Å². The fourth-order valence-corrected chi connectivity index (χ4v) is 2.93. The van der Waals surface area contributed by atoms with Gasteiger partial charge in [0.2, 0.25) is 10.0 Å². The van der Waals surface area contributed by atoms with Crippen LogP contribution < -0.4 is 15.0 Å². The highest BCUT2D eigenvalue weighted by Gasteiger charge is 2.13. The number of ether oxygens (including phenoxy) is 1. The van der Waals surface area contributed by atoms with Crippen molar-refractivity contribution in [2.24, 2.45) is 0 Å². The molecule has 24 heavy (non-hydrogen) atoms. The van der Waals surface area contributed by atoms with Gasteiger partial charge in [-0.3, -0.25) is 10.2 Å². The summed E-state index contributed by atoms with van der Waals surface area (Å²) in [5, 5.41) is 0. The Labute approximate surface area is 141 Å². The minimum Gasteiger partial charge on any atom is -0.491 e. The van der Waals surface area contributed by atoms with Crippen molar-refractivity contribution < 1.29 is 17.9 Å². The van der Waals surface area contributed by atoms with E-state index in [1.807, 2.05) is 13.8 Å². The van der Waals surface area contributed by atoms with Crippen LogP contribution in [0.1, 0.15) is 29.8 Å². The number of hydrogen-bond acceptors (Lipinski definition) is 4. The average Bonchev–Trinajstić information content (AvgIpc) is 2.53. The Hall–Kier alpha value is -2.38. The van der Waals surface area contributed by atoms with Crippen molar-refractivity contribution in [3.63, 3.8) is 0 Å². The Kier molecular flexibility index (Phi) is 5.94. The molecule has 0 radical (unpaired) electrons. The molecule has 128 valence electrons. The Morgan fingerprint density at radius 2 is 1.67 bits per heavy atom. The van der Waals surface area contributed by atoms with Crippen molar-refractivity contribution in [3.8, 4) is 5.75 Å². The van der Waals surface area contributed by atoms with Gasteiger partial charge in [0.25, 0.3) is 5.91 Å². The molecule has 1 amide bonds. The van der Waals surface area contributed by atoms with E-state index in [1.165, 1.54) is 0 Å². The molecule has 2 N–H and O–H groups in total. The summed E-state index contributed by atoms with van der Waals surface area (Å²) in [4.78, 5) is 14.1. The highest BCUT2D eigenvalue weighted by Crippen LogP contribution is 2.13. The van der Waals surface area contributed by atoms with E-state index < -0.39 is 15.9 Å². The molecule has 7 heteroatoms. The van der Waals surface area contributed by atoms with Crippen LogP contribution in [0.25, 0.3) is 0 Å². The second kappa shape index (κ2) is 7.94. The molecular formula is C17H20N2O4S. The monoisotopic (exact) mass is 348 g/mol. The molecule has 0 bridgehead atoms. The maximum Gasteiger partial charge on any atom is 0.266 e. The van der Waals surface area contributed by atoms with Crippen molar-refractivity contribution in [2.45, 2.75) is 25.7 Å². The minimum atomic E-state index is -3.67. The summed E-state index contributed by atoms with van der Waals surface area (Å²) in [7, 11) is -3.67. The lowest BCUT2D eigenvalue weighted by atomic mass is 10.2. The third-order valence-corrected chi connectivity index (χ3v) is 4.13. The lowest BCUT2D eigenvalue weighted by Gasteiger charge is -2.11. The maximum atomic E-state index is 12.0. The van der Waals surface area contributed by atoms with Gasteiger partial charge in [-0.15, -0.1) is 4.83 Å². The summed E-state index contributed by atoms with van der Waals surface area (Å²) in [5.74, 6) is -0.108. The molecule has 0 heterocycles. The summed E-state index contributed by atoms with van der Waals surface area (Å²) in [6, 6.07) is 15.2. The highest BCUT2D eigenvalue weighted by atomic mass is 32.2. The first-order valence-corrected chi connectivity index (χ1v) is 9.11. The van der Waals surface area contributed by atoms with E-state index >= 15 is 0 Å².